The number of nitrogens with zero attached hydrogens (tertiary/aromatic N) is 3. The number of carboxylic acid groups (broad SMARTS) is 1. The molecule has 0 aliphatic rings. The Kier molecular flexibility index (Phi) is 3.09. The highest BCUT2D eigenvalue weighted by Gasteiger charge is 2.15. The molecular weight excluding hydrogens is 272 g/mol. The van der Waals surface area contributed by atoms with Crippen LogP contribution in [-0.2, 0) is 20.0 Å². The number of para-hydroxylation sites is 1. The monoisotopic (exact) mass is 286 g/mol. The summed E-state index contributed by atoms with van der Waals surface area (Å²) in [6.45, 7) is 0.398. The highest BCUT2D eigenvalue weighted by molar-refractivity contribution is 6.01. The average Bonchev–Trinajstić information content (AvgIpc) is 2.98. The number of aromatic nitrogens is 4. The summed E-state index contributed by atoms with van der Waals surface area (Å²) in [5, 5.41) is 13.3. The SMILES string of the molecule is Cn1cc(CCn2c(=O)[nH]c3cccc(C(=O)O)c32)cn1. The van der Waals surface area contributed by atoms with E-state index in [0.29, 0.717) is 24.0 Å². The lowest BCUT2D eigenvalue weighted by atomic mass is 10.2. The average molecular weight is 286 g/mol. The van der Waals surface area contributed by atoms with Crippen molar-refractivity contribution in [2.75, 3.05) is 0 Å². The molecule has 0 aliphatic carbocycles. The first-order chi connectivity index (χ1) is 10.1. The van der Waals surface area contributed by atoms with Crippen LogP contribution in [0.15, 0.2) is 35.4 Å². The zero-order valence-corrected chi connectivity index (χ0v) is 11.4. The summed E-state index contributed by atoms with van der Waals surface area (Å²) in [4.78, 5) is 26.0. The third-order valence-corrected chi connectivity index (χ3v) is 3.41. The molecule has 108 valence electrons. The summed E-state index contributed by atoms with van der Waals surface area (Å²) in [6, 6.07) is 4.81. The maximum absolute atomic E-state index is 12.0. The highest BCUT2D eigenvalue weighted by Crippen LogP contribution is 2.16. The van der Waals surface area contributed by atoms with Crippen molar-refractivity contribution in [3.8, 4) is 0 Å². The van der Waals surface area contributed by atoms with Gasteiger partial charge in [-0.3, -0.25) is 9.25 Å². The predicted octanol–water partition coefficient (Wildman–Crippen LogP) is 1.00. The summed E-state index contributed by atoms with van der Waals surface area (Å²) >= 11 is 0. The van der Waals surface area contributed by atoms with Gasteiger partial charge in [0.1, 0.15) is 0 Å². The van der Waals surface area contributed by atoms with Gasteiger partial charge >= 0.3 is 11.7 Å². The maximum Gasteiger partial charge on any atom is 0.337 e. The topological polar surface area (TPSA) is 92.9 Å². The molecule has 0 radical (unpaired) electrons. The molecule has 0 saturated heterocycles. The third kappa shape index (κ3) is 2.33. The molecule has 0 aliphatic heterocycles. The van der Waals surface area contributed by atoms with Gasteiger partial charge in [0.15, 0.2) is 0 Å². The zero-order chi connectivity index (χ0) is 15.0. The third-order valence-electron chi connectivity index (χ3n) is 3.41. The second-order valence-electron chi connectivity index (χ2n) is 4.86. The van der Waals surface area contributed by atoms with E-state index in [0.717, 1.165) is 5.56 Å². The fourth-order valence-electron chi connectivity index (χ4n) is 2.45. The van der Waals surface area contributed by atoms with Crippen LogP contribution in [0.3, 0.4) is 0 Å². The summed E-state index contributed by atoms with van der Waals surface area (Å²) in [6.07, 6.45) is 4.21. The lowest BCUT2D eigenvalue weighted by Gasteiger charge is -2.04. The Hall–Kier alpha value is -2.83. The molecule has 7 nitrogen and oxygen atoms in total. The lowest BCUT2D eigenvalue weighted by molar-refractivity contribution is 0.0698. The Morgan fingerprint density at radius 2 is 2.24 bits per heavy atom. The zero-order valence-electron chi connectivity index (χ0n) is 11.4. The number of rotatable bonds is 4. The number of imidazole rings is 1. The number of carboxylic acids is 1. The summed E-state index contributed by atoms with van der Waals surface area (Å²) in [7, 11) is 1.82. The number of fused-ring (bicyclic) bond motifs is 1. The first-order valence-electron chi connectivity index (χ1n) is 6.48. The van der Waals surface area contributed by atoms with E-state index in [1.54, 1.807) is 23.0 Å². The van der Waals surface area contributed by atoms with Crippen molar-refractivity contribution in [3.63, 3.8) is 0 Å². The Morgan fingerprint density at radius 3 is 2.90 bits per heavy atom. The van der Waals surface area contributed by atoms with E-state index >= 15 is 0 Å². The van der Waals surface area contributed by atoms with Crippen LogP contribution in [-0.4, -0.2) is 30.4 Å². The number of aromatic amines is 1. The van der Waals surface area contributed by atoms with E-state index in [1.807, 2.05) is 13.2 Å². The van der Waals surface area contributed by atoms with Crippen LogP contribution in [0.5, 0.6) is 0 Å². The number of aryl methyl sites for hydroxylation is 3. The van der Waals surface area contributed by atoms with E-state index in [2.05, 4.69) is 10.1 Å². The molecule has 1 aromatic carbocycles. The van der Waals surface area contributed by atoms with Gasteiger partial charge in [0.2, 0.25) is 0 Å². The minimum atomic E-state index is -1.05. The molecule has 0 bridgehead atoms. The van der Waals surface area contributed by atoms with Crippen molar-refractivity contribution in [2.24, 2.45) is 7.05 Å². The number of carbonyl (C=O) groups is 1. The Labute approximate surface area is 119 Å². The molecule has 2 heterocycles. The van der Waals surface area contributed by atoms with E-state index in [-0.39, 0.29) is 11.3 Å². The molecule has 0 spiro atoms. The Morgan fingerprint density at radius 1 is 1.43 bits per heavy atom. The van der Waals surface area contributed by atoms with Crippen molar-refractivity contribution < 1.29 is 9.90 Å². The summed E-state index contributed by atoms with van der Waals surface area (Å²) in [5.41, 5.74) is 1.77. The van der Waals surface area contributed by atoms with Crippen molar-refractivity contribution in [1.82, 2.24) is 19.3 Å². The number of hydrogen-bond acceptors (Lipinski definition) is 3. The van der Waals surface area contributed by atoms with Gasteiger partial charge in [-0.15, -0.1) is 0 Å². The quantitative estimate of drug-likeness (QED) is 0.748. The highest BCUT2D eigenvalue weighted by atomic mass is 16.4. The summed E-state index contributed by atoms with van der Waals surface area (Å²) < 4.78 is 3.15. The van der Waals surface area contributed by atoms with Crippen molar-refractivity contribution in [2.45, 2.75) is 13.0 Å². The standard InChI is InChI=1S/C14H14N4O3/c1-17-8-9(7-15-17)5-6-18-12-10(13(19)20)3-2-4-11(12)16-14(18)21/h2-4,7-8H,5-6H2,1H3,(H,16,21)(H,19,20). The summed E-state index contributed by atoms with van der Waals surface area (Å²) in [5.74, 6) is -1.05. The molecule has 7 heteroatoms. The molecule has 0 atom stereocenters. The molecule has 0 fully saturated rings. The smallest absolute Gasteiger partial charge is 0.337 e. The van der Waals surface area contributed by atoms with Gasteiger partial charge < -0.3 is 10.1 Å². The Bertz CT molecular complexity index is 872. The molecule has 2 N–H and O–H groups in total. The van der Waals surface area contributed by atoms with Gasteiger partial charge in [0.25, 0.3) is 0 Å². The largest absolute Gasteiger partial charge is 0.478 e. The van der Waals surface area contributed by atoms with E-state index in [1.165, 1.54) is 10.6 Å². The van der Waals surface area contributed by atoms with Crippen LogP contribution in [0, 0.1) is 0 Å². The van der Waals surface area contributed by atoms with Crippen molar-refractivity contribution in [1.29, 1.82) is 0 Å². The molecule has 2 aromatic heterocycles. The van der Waals surface area contributed by atoms with Gasteiger partial charge in [0.05, 0.1) is 22.8 Å². The van der Waals surface area contributed by atoms with Crippen LogP contribution in [0.2, 0.25) is 0 Å². The van der Waals surface area contributed by atoms with Crippen LogP contribution in [0.1, 0.15) is 15.9 Å². The predicted molar refractivity (Wildman–Crippen MR) is 76.4 cm³/mol. The number of aromatic carboxylic acids is 1. The van der Waals surface area contributed by atoms with Crippen LogP contribution in [0.25, 0.3) is 11.0 Å². The molecule has 3 rings (SSSR count). The van der Waals surface area contributed by atoms with Crippen LogP contribution in [0.4, 0.5) is 0 Å². The number of hydrogen-bond donors (Lipinski definition) is 2. The van der Waals surface area contributed by atoms with Gasteiger partial charge in [-0.2, -0.15) is 5.10 Å². The van der Waals surface area contributed by atoms with Crippen LogP contribution >= 0.6 is 0 Å². The maximum atomic E-state index is 12.0. The first-order valence-corrected chi connectivity index (χ1v) is 6.48. The van der Waals surface area contributed by atoms with Crippen molar-refractivity contribution in [3.05, 3.63) is 52.2 Å². The van der Waals surface area contributed by atoms with E-state index < -0.39 is 5.97 Å². The van der Waals surface area contributed by atoms with E-state index in [9.17, 15) is 14.7 Å². The molecule has 0 saturated carbocycles. The Balaban J connectivity index is 2.03. The van der Waals surface area contributed by atoms with E-state index in [4.69, 9.17) is 0 Å². The minimum absolute atomic E-state index is 0.122. The fourth-order valence-corrected chi connectivity index (χ4v) is 2.45. The fraction of sp³-hybridized carbons (Fsp3) is 0.214. The number of H-pyrrole nitrogens is 1. The molecular formula is C14H14N4O3. The van der Waals surface area contributed by atoms with Gasteiger partial charge in [-0.05, 0) is 24.1 Å². The molecule has 3 aromatic rings. The minimum Gasteiger partial charge on any atom is -0.478 e. The second kappa shape index (κ2) is 4.93. The van der Waals surface area contributed by atoms with Gasteiger partial charge in [0, 0.05) is 19.8 Å². The lowest BCUT2D eigenvalue weighted by Crippen LogP contribution is -2.18. The second-order valence-corrected chi connectivity index (χ2v) is 4.86. The molecule has 0 amide bonds. The normalized spacial score (nSPS) is 11.1. The van der Waals surface area contributed by atoms with Crippen molar-refractivity contribution >= 4 is 17.0 Å². The van der Waals surface area contributed by atoms with Gasteiger partial charge in [-0.1, -0.05) is 6.07 Å². The molecule has 21 heavy (non-hydrogen) atoms. The first kappa shape index (κ1) is 13.2. The molecule has 0 unspecified atom stereocenters. The van der Waals surface area contributed by atoms with Crippen LogP contribution < -0.4 is 5.69 Å². The number of nitrogens with one attached hydrogen (secondary N) is 1. The number of benzene rings is 1. The van der Waals surface area contributed by atoms with Gasteiger partial charge in [-0.25, -0.2) is 9.59 Å².